The SMILES string of the molecule is O=C1CCC(C(=O)N2CC=C(c3ccccc3)CC2)CN1. The minimum Gasteiger partial charge on any atom is -0.355 e. The summed E-state index contributed by atoms with van der Waals surface area (Å²) in [5.74, 6) is 0.191. The monoisotopic (exact) mass is 284 g/mol. The minimum absolute atomic E-state index is 0.0469. The Labute approximate surface area is 124 Å². The van der Waals surface area contributed by atoms with E-state index in [-0.39, 0.29) is 17.7 Å². The van der Waals surface area contributed by atoms with Crippen LogP contribution in [0.4, 0.5) is 0 Å². The van der Waals surface area contributed by atoms with E-state index in [1.807, 2.05) is 23.1 Å². The van der Waals surface area contributed by atoms with E-state index in [1.165, 1.54) is 11.1 Å². The number of benzene rings is 1. The molecule has 0 radical (unpaired) electrons. The molecule has 0 saturated carbocycles. The Morgan fingerprint density at radius 1 is 1.19 bits per heavy atom. The van der Waals surface area contributed by atoms with Gasteiger partial charge in [-0.25, -0.2) is 0 Å². The molecule has 0 spiro atoms. The molecule has 4 nitrogen and oxygen atoms in total. The molecule has 4 heteroatoms. The van der Waals surface area contributed by atoms with Crippen LogP contribution in [0.3, 0.4) is 0 Å². The number of piperidine rings is 1. The molecular formula is C17H20N2O2. The van der Waals surface area contributed by atoms with E-state index in [4.69, 9.17) is 0 Å². The minimum atomic E-state index is -0.0469. The van der Waals surface area contributed by atoms with Crippen LogP contribution in [-0.4, -0.2) is 36.3 Å². The zero-order chi connectivity index (χ0) is 14.7. The highest BCUT2D eigenvalue weighted by molar-refractivity contribution is 5.84. The molecule has 1 aromatic carbocycles. The quantitative estimate of drug-likeness (QED) is 0.900. The van der Waals surface area contributed by atoms with E-state index in [0.29, 0.717) is 25.9 Å². The number of carbonyl (C=O) groups is 2. The molecule has 110 valence electrons. The fourth-order valence-electron chi connectivity index (χ4n) is 2.99. The molecule has 1 fully saturated rings. The van der Waals surface area contributed by atoms with Crippen LogP contribution in [0.2, 0.25) is 0 Å². The molecule has 2 amide bonds. The number of hydrogen-bond acceptors (Lipinski definition) is 2. The molecule has 1 unspecified atom stereocenters. The van der Waals surface area contributed by atoms with Crippen molar-refractivity contribution < 1.29 is 9.59 Å². The predicted octanol–water partition coefficient (Wildman–Crippen LogP) is 1.83. The van der Waals surface area contributed by atoms with Gasteiger partial charge in [-0.2, -0.15) is 0 Å². The lowest BCUT2D eigenvalue weighted by atomic mass is 9.95. The Morgan fingerprint density at radius 3 is 2.62 bits per heavy atom. The molecule has 0 aliphatic carbocycles. The Morgan fingerprint density at radius 2 is 2.00 bits per heavy atom. The van der Waals surface area contributed by atoms with Gasteiger partial charge in [-0.1, -0.05) is 36.4 Å². The molecule has 2 aliphatic rings. The van der Waals surface area contributed by atoms with Gasteiger partial charge in [-0.05, 0) is 24.0 Å². The van der Waals surface area contributed by atoms with Crippen LogP contribution in [0.5, 0.6) is 0 Å². The van der Waals surface area contributed by atoms with Gasteiger partial charge in [0.05, 0.1) is 5.92 Å². The van der Waals surface area contributed by atoms with Gasteiger partial charge in [0.15, 0.2) is 0 Å². The average molecular weight is 284 g/mol. The summed E-state index contributed by atoms with van der Waals surface area (Å²) in [6, 6.07) is 10.3. The van der Waals surface area contributed by atoms with Crippen molar-refractivity contribution in [3.05, 3.63) is 42.0 Å². The van der Waals surface area contributed by atoms with Crippen molar-refractivity contribution in [3.8, 4) is 0 Å². The fraction of sp³-hybridized carbons (Fsp3) is 0.412. The van der Waals surface area contributed by atoms with Gasteiger partial charge in [0.1, 0.15) is 0 Å². The molecule has 0 bridgehead atoms. The first-order valence-electron chi connectivity index (χ1n) is 7.54. The number of hydrogen-bond donors (Lipinski definition) is 1. The van der Waals surface area contributed by atoms with E-state index in [9.17, 15) is 9.59 Å². The lowest BCUT2D eigenvalue weighted by molar-refractivity contribution is -0.137. The van der Waals surface area contributed by atoms with Crippen LogP contribution < -0.4 is 5.32 Å². The largest absolute Gasteiger partial charge is 0.355 e. The summed E-state index contributed by atoms with van der Waals surface area (Å²) in [5, 5.41) is 2.78. The van der Waals surface area contributed by atoms with Gasteiger partial charge in [0.25, 0.3) is 0 Å². The predicted molar refractivity (Wildman–Crippen MR) is 81.3 cm³/mol. The van der Waals surface area contributed by atoms with Crippen molar-refractivity contribution in [2.24, 2.45) is 5.92 Å². The second-order valence-electron chi connectivity index (χ2n) is 5.67. The standard InChI is InChI=1S/C17H20N2O2/c20-16-7-6-15(12-18-16)17(21)19-10-8-14(9-11-19)13-4-2-1-3-5-13/h1-5,8,15H,6-7,9-12H2,(H,18,20). The second kappa shape index (κ2) is 6.12. The third kappa shape index (κ3) is 3.15. The summed E-state index contributed by atoms with van der Waals surface area (Å²) >= 11 is 0. The Bertz CT molecular complexity index is 555. The Balaban J connectivity index is 1.61. The number of amides is 2. The number of carbonyl (C=O) groups excluding carboxylic acids is 2. The summed E-state index contributed by atoms with van der Waals surface area (Å²) in [6.45, 7) is 1.93. The number of rotatable bonds is 2. The third-order valence-corrected chi connectivity index (χ3v) is 4.28. The molecule has 1 atom stereocenters. The fourth-order valence-corrected chi connectivity index (χ4v) is 2.99. The molecule has 2 aliphatic heterocycles. The third-order valence-electron chi connectivity index (χ3n) is 4.28. The Kier molecular flexibility index (Phi) is 4.04. The van der Waals surface area contributed by atoms with Crippen LogP contribution in [-0.2, 0) is 9.59 Å². The van der Waals surface area contributed by atoms with Gasteiger partial charge in [-0.15, -0.1) is 0 Å². The maximum absolute atomic E-state index is 12.4. The molecule has 0 aromatic heterocycles. The van der Waals surface area contributed by atoms with Crippen molar-refractivity contribution in [2.75, 3.05) is 19.6 Å². The van der Waals surface area contributed by atoms with E-state index in [1.54, 1.807) is 0 Å². The molecule has 1 aromatic rings. The summed E-state index contributed by atoms with van der Waals surface area (Å²) in [4.78, 5) is 25.5. The zero-order valence-electron chi connectivity index (χ0n) is 12.0. The number of nitrogens with zero attached hydrogens (tertiary/aromatic N) is 1. The van der Waals surface area contributed by atoms with Gasteiger partial charge in [-0.3, -0.25) is 9.59 Å². The van der Waals surface area contributed by atoms with Crippen LogP contribution >= 0.6 is 0 Å². The van der Waals surface area contributed by atoms with Gasteiger partial charge in [0, 0.05) is 26.1 Å². The van der Waals surface area contributed by atoms with Crippen molar-refractivity contribution in [1.82, 2.24) is 10.2 Å². The molecule has 21 heavy (non-hydrogen) atoms. The highest BCUT2D eigenvalue weighted by Crippen LogP contribution is 2.24. The van der Waals surface area contributed by atoms with Gasteiger partial charge < -0.3 is 10.2 Å². The smallest absolute Gasteiger partial charge is 0.227 e. The first-order valence-corrected chi connectivity index (χ1v) is 7.54. The zero-order valence-corrected chi connectivity index (χ0v) is 12.0. The average Bonchev–Trinajstić information content (AvgIpc) is 2.56. The van der Waals surface area contributed by atoms with E-state index < -0.39 is 0 Å². The number of nitrogens with one attached hydrogen (secondary N) is 1. The van der Waals surface area contributed by atoms with Crippen LogP contribution in [0.1, 0.15) is 24.8 Å². The van der Waals surface area contributed by atoms with Crippen LogP contribution in [0.15, 0.2) is 36.4 Å². The Hall–Kier alpha value is -2.10. The van der Waals surface area contributed by atoms with Crippen LogP contribution in [0.25, 0.3) is 5.57 Å². The maximum atomic E-state index is 12.4. The molecule has 3 rings (SSSR count). The van der Waals surface area contributed by atoms with E-state index >= 15 is 0 Å². The topological polar surface area (TPSA) is 49.4 Å². The summed E-state index contributed by atoms with van der Waals surface area (Å²) in [7, 11) is 0. The van der Waals surface area contributed by atoms with Crippen molar-refractivity contribution >= 4 is 17.4 Å². The van der Waals surface area contributed by atoms with Crippen molar-refractivity contribution in [1.29, 1.82) is 0 Å². The lowest BCUT2D eigenvalue weighted by Crippen LogP contribution is -2.46. The molecule has 1 saturated heterocycles. The van der Waals surface area contributed by atoms with Crippen LogP contribution in [0, 0.1) is 5.92 Å². The highest BCUT2D eigenvalue weighted by Gasteiger charge is 2.29. The molecule has 1 N–H and O–H groups in total. The van der Waals surface area contributed by atoms with Gasteiger partial charge in [0.2, 0.25) is 11.8 Å². The second-order valence-corrected chi connectivity index (χ2v) is 5.67. The lowest BCUT2D eigenvalue weighted by Gasteiger charge is -2.31. The van der Waals surface area contributed by atoms with E-state index in [0.717, 1.165) is 13.0 Å². The van der Waals surface area contributed by atoms with Crippen molar-refractivity contribution in [3.63, 3.8) is 0 Å². The maximum Gasteiger partial charge on any atom is 0.227 e. The molecule has 2 heterocycles. The summed E-state index contributed by atoms with van der Waals surface area (Å²) < 4.78 is 0. The summed E-state index contributed by atoms with van der Waals surface area (Å²) in [5.41, 5.74) is 2.56. The van der Waals surface area contributed by atoms with Gasteiger partial charge >= 0.3 is 0 Å². The first-order chi connectivity index (χ1) is 10.2. The normalized spacial score (nSPS) is 22.5. The summed E-state index contributed by atoms with van der Waals surface area (Å²) in [6.07, 6.45) is 4.19. The van der Waals surface area contributed by atoms with Crippen molar-refractivity contribution in [2.45, 2.75) is 19.3 Å². The van der Waals surface area contributed by atoms with E-state index in [2.05, 4.69) is 23.5 Å². The first kappa shape index (κ1) is 13.9. The molecular weight excluding hydrogens is 264 g/mol. The highest BCUT2D eigenvalue weighted by atomic mass is 16.2.